The van der Waals surface area contributed by atoms with Gasteiger partial charge in [0.15, 0.2) is 0 Å². The molecular formula is C8H8N2S. The Balaban J connectivity index is 2.14. The summed E-state index contributed by atoms with van der Waals surface area (Å²) in [5, 5.41) is 0. The van der Waals surface area contributed by atoms with Crippen molar-refractivity contribution < 1.29 is 0 Å². The van der Waals surface area contributed by atoms with Crippen LogP contribution in [0.1, 0.15) is 0 Å². The van der Waals surface area contributed by atoms with Crippen LogP contribution in [0.25, 0.3) is 0 Å². The second kappa shape index (κ2) is 2.88. The summed E-state index contributed by atoms with van der Waals surface area (Å²) in [4.78, 5) is 0. The van der Waals surface area contributed by atoms with E-state index in [-0.39, 0.29) is 0 Å². The first kappa shape index (κ1) is 6.61. The maximum Gasteiger partial charge on any atom is 0.0793 e. The van der Waals surface area contributed by atoms with Gasteiger partial charge in [0.25, 0.3) is 0 Å². The fourth-order valence-electron chi connectivity index (χ4n) is 0.855. The van der Waals surface area contributed by atoms with Crippen LogP contribution < -0.4 is 0 Å². The molecule has 2 rings (SSSR count). The maximum atomic E-state index is 2.04. The third-order valence-electron chi connectivity index (χ3n) is 1.34. The van der Waals surface area contributed by atoms with Gasteiger partial charge in [-0.25, -0.2) is 0 Å². The monoisotopic (exact) mass is 164 g/mol. The van der Waals surface area contributed by atoms with Gasteiger partial charge in [-0.05, 0) is 24.3 Å². The number of nitrogens with zero attached hydrogens (tertiary/aromatic N) is 2. The molecule has 0 saturated carbocycles. The predicted molar refractivity (Wildman–Crippen MR) is 47.3 cm³/mol. The van der Waals surface area contributed by atoms with E-state index in [2.05, 4.69) is 0 Å². The van der Waals surface area contributed by atoms with Crippen molar-refractivity contribution in [3.8, 4) is 0 Å². The van der Waals surface area contributed by atoms with Crippen LogP contribution >= 0.6 is 12.1 Å². The van der Waals surface area contributed by atoms with Crippen LogP contribution in [0.4, 0.5) is 0 Å². The second-order valence-electron chi connectivity index (χ2n) is 2.17. The van der Waals surface area contributed by atoms with Crippen LogP contribution in [0, 0.1) is 0 Å². The highest BCUT2D eigenvalue weighted by Crippen LogP contribution is 2.09. The lowest BCUT2D eigenvalue weighted by Gasteiger charge is -2.00. The van der Waals surface area contributed by atoms with E-state index >= 15 is 0 Å². The van der Waals surface area contributed by atoms with E-state index in [0.29, 0.717) is 0 Å². The molecule has 0 atom stereocenters. The summed E-state index contributed by atoms with van der Waals surface area (Å²) in [7, 11) is 0. The van der Waals surface area contributed by atoms with Gasteiger partial charge in [0.1, 0.15) is 0 Å². The molecule has 3 heteroatoms. The third kappa shape index (κ3) is 1.49. The molecule has 0 radical (unpaired) electrons. The Hall–Kier alpha value is -1.09. The minimum absolute atomic E-state index is 1.63. The molecule has 11 heavy (non-hydrogen) atoms. The van der Waals surface area contributed by atoms with Crippen molar-refractivity contribution in [2.45, 2.75) is 0 Å². The zero-order valence-corrected chi connectivity index (χ0v) is 6.74. The summed E-state index contributed by atoms with van der Waals surface area (Å²) in [6, 6.07) is 8.04. The molecular weight excluding hydrogens is 156 g/mol. The molecule has 2 aromatic heterocycles. The third-order valence-corrected chi connectivity index (χ3v) is 2.21. The molecule has 2 nitrogen and oxygen atoms in total. The first-order valence-electron chi connectivity index (χ1n) is 3.40. The number of aromatic nitrogens is 2. The van der Waals surface area contributed by atoms with Crippen molar-refractivity contribution in [3.05, 3.63) is 49.1 Å². The van der Waals surface area contributed by atoms with Gasteiger partial charge in [-0.15, -0.1) is 0 Å². The minimum Gasteiger partial charge on any atom is -0.281 e. The molecule has 0 amide bonds. The van der Waals surface area contributed by atoms with Gasteiger partial charge >= 0.3 is 0 Å². The molecule has 0 aliphatic heterocycles. The smallest absolute Gasteiger partial charge is 0.0793 e. The van der Waals surface area contributed by atoms with E-state index in [1.807, 2.05) is 57.0 Å². The number of hydrogen-bond donors (Lipinski definition) is 0. The highest BCUT2D eigenvalue weighted by atomic mass is 32.2. The molecule has 0 bridgehead atoms. The summed E-state index contributed by atoms with van der Waals surface area (Å²) in [5.74, 6) is 0. The molecule has 0 unspecified atom stereocenters. The largest absolute Gasteiger partial charge is 0.281 e. The van der Waals surface area contributed by atoms with E-state index < -0.39 is 0 Å². The zero-order valence-electron chi connectivity index (χ0n) is 5.92. The SMILES string of the molecule is c1ccn(Sn2cccc2)c1. The highest BCUT2D eigenvalue weighted by Gasteiger charge is 1.89. The lowest BCUT2D eigenvalue weighted by Crippen LogP contribution is -1.86. The summed E-state index contributed by atoms with van der Waals surface area (Å²) in [6.45, 7) is 0. The van der Waals surface area contributed by atoms with Gasteiger partial charge < -0.3 is 0 Å². The van der Waals surface area contributed by atoms with E-state index in [4.69, 9.17) is 0 Å². The van der Waals surface area contributed by atoms with Gasteiger partial charge in [-0.3, -0.25) is 7.94 Å². The Morgan fingerprint density at radius 2 is 1.00 bits per heavy atom. The van der Waals surface area contributed by atoms with E-state index in [9.17, 15) is 0 Å². The van der Waals surface area contributed by atoms with Crippen LogP contribution in [0.2, 0.25) is 0 Å². The maximum absolute atomic E-state index is 2.04. The minimum atomic E-state index is 1.63. The van der Waals surface area contributed by atoms with Gasteiger partial charge in [0, 0.05) is 24.8 Å². The molecule has 0 fully saturated rings. The number of rotatable bonds is 2. The Morgan fingerprint density at radius 3 is 1.36 bits per heavy atom. The lowest BCUT2D eigenvalue weighted by molar-refractivity contribution is 1.20. The van der Waals surface area contributed by atoms with E-state index in [1.165, 1.54) is 0 Å². The van der Waals surface area contributed by atoms with Crippen LogP contribution in [0.3, 0.4) is 0 Å². The van der Waals surface area contributed by atoms with Crippen molar-refractivity contribution >= 4 is 12.1 Å². The molecule has 0 spiro atoms. The van der Waals surface area contributed by atoms with Crippen molar-refractivity contribution in [3.63, 3.8) is 0 Å². The Kier molecular flexibility index (Phi) is 1.73. The Labute approximate surface area is 69.7 Å². The molecule has 0 aliphatic carbocycles. The van der Waals surface area contributed by atoms with E-state index in [1.54, 1.807) is 12.1 Å². The highest BCUT2D eigenvalue weighted by molar-refractivity contribution is 7.96. The van der Waals surface area contributed by atoms with Crippen molar-refractivity contribution in [1.29, 1.82) is 0 Å². The first-order chi connectivity index (χ1) is 5.45. The average Bonchev–Trinajstić information content (AvgIpc) is 2.60. The molecule has 2 aromatic rings. The molecule has 0 aromatic carbocycles. The predicted octanol–water partition coefficient (Wildman–Crippen LogP) is 2.25. The van der Waals surface area contributed by atoms with Gasteiger partial charge in [0.05, 0.1) is 12.1 Å². The summed E-state index contributed by atoms with van der Waals surface area (Å²) in [5.41, 5.74) is 0. The average molecular weight is 164 g/mol. The summed E-state index contributed by atoms with van der Waals surface area (Å²) >= 11 is 1.63. The normalized spacial score (nSPS) is 10.2. The Bertz CT molecular complexity index is 264. The summed E-state index contributed by atoms with van der Waals surface area (Å²) < 4.78 is 4.08. The fourth-order valence-corrected chi connectivity index (χ4v) is 1.57. The van der Waals surface area contributed by atoms with Gasteiger partial charge in [-0.2, -0.15) is 0 Å². The second-order valence-corrected chi connectivity index (χ2v) is 3.17. The summed E-state index contributed by atoms with van der Waals surface area (Å²) in [6.07, 6.45) is 8.07. The fraction of sp³-hybridized carbons (Fsp3) is 0. The van der Waals surface area contributed by atoms with Crippen LogP contribution in [-0.4, -0.2) is 7.94 Å². The van der Waals surface area contributed by atoms with Crippen LogP contribution in [0.15, 0.2) is 49.1 Å². The van der Waals surface area contributed by atoms with Crippen molar-refractivity contribution in [1.82, 2.24) is 7.94 Å². The quantitative estimate of drug-likeness (QED) is 0.661. The molecule has 56 valence electrons. The standard InChI is InChI=1S/C8H8N2S/c1-2-6-9(5-1)11-10-7-3-4-8-10/h1-8H. The zero-order chi connectivity index (χ0) is 7.52. The first-order valence-corrected chi connectivity index (χ1v) is 4.13. The van der Waals surface area contributed by atoms with Crippen molar-refractivity contribution in [2.75, 3.05) is 0 Å². The van der Waals surface area contributed by atoms with Gasteiger partial charge in [0.2, 0.25) is 0 Å². The lowest BCUT2D eigenvalue weighted by atomic mass is 10.7. The Morgan fingerprint density at radius 1 is 0.636 bits per heavy atom. The molecule has 0 saturated heterocycles. The molecule has 0 aliphatic rings. The van der Waals surface area contributed by atoms with Crippen LogP contribution in [0.5, 0.6) is 0 Å². The molecule has 0 N–H and O–H groups in total. The molecule has 2 heterocycles. The van der Waals surface area contributed by atoms with Crippen LogP contribution in [-0.2, 0) is 0 Å². The topological polar surface area (TPSA) is 9.86 Å². The number of hydrogen-bond acceptors (Lipinski definition) is 1. The van der Waals surface area contributed by atoms with Crippen molar-refractivity contribution in [2.24, 2.45) is 0 Å². The van der Waals surface area contributed by atoms with Gasteiger partial charge in [-0.1, -0.05) is 0 Å². The van der Waals surface area contributed by atoms with E-state index in [0.717, 1.165) is 0 Å².